The van der Waals surface area contributed by atoms with Crippen molar-refractivity contribution < 1.29 is 18.7 Å². The Morgan fingerprint density at radius 3 is 2.47 bits per heavy atom. The standard InChI is InChI=1S/C28H28FN3O4/c1-18-5-4-6-20-16-21(27(33)31-26(18)20)17-32(28(34)30-23-10-8-22(29)9-11-23)14-13-19-7-12-24(35-2)25(15-19)36-3/h4-12,15-16H,13-14,17H2,1-3H3,(H,30,34)(H,31,33). The van der Waals surface area contributed by atoms with Crippen molar-refractivity contribution in [2.45, 2.75) is 19.9 Å². The second-order valence-electron chi connectivity index (χ2n) is 8.46. The van der Waals surface area contributed by atoms with E-state index < -0.39 is 11.8 Å². The highest BCUT2D eigenvalue weighted by molar-refractivity contribution is 5.89. The molecule has 4 aromatic rings. The molecule has 0 fully saturated rings. The maximum Gasteiger partial charge on any atom is 0.322 e. The summed E-state index contributed by atoms with van der Waals surface area (Å²) in [6.45, 7) is 2.36. The van der Waals surface area contributed by atoms with E-state index in [0.717, 1.165) is 22.0 Å². The zero-order valence-electron chi connectivity index (χ0n) is 20.4. The number of halogens is 1. The molecule has 1 aromatic heterocycles. The van der Waals surface area contributed by atoms with Crippen LogP contribution in [0.4, 0.5) is 14.9 Å². The van der Waals surface area contributed by atoms with E-state index in [1.54, 1.807) is 19.1 Å². The van der Waals surface area contributed by atoms with Gasteiger partial charge in [0.1, 0.15) is 5.82 Å². The smallest absolute Gasteiger partial charge is 0.322 e. The Morgan fingerprint density at radius 1 is 1.00 bits per heavy atom. The molecule has 2 N–H and O–H groups in total. The van der Waals surface area contributed by atoms with Crippen molar-refractivity contribution in [1.29, 1.82) is 0 Å². The molecule has 0 atom stereocenters. The monoisotopic (exact) mass is 489 g/mol. The summed E-state index contributed by atoms with van der Waals surface area (Å²) in [5, 5.41) is 3.69. The molecule has 0 spiro atoms. The normalized spacial score (nSPS) is 10.8. The number of carbonyl (C=O) groups is 1. The van der Waals surface area contributed by atoms with Gasteiger partial charge >= 0.3 is 6.03 Å². The Balaban J connectivity index is 1.60. The van der Waals surface area contributed by atoms with Gasteiger partial charge in [0.15, 0.2) is 11.5 Å². The van der Waals surface area contributed by atoms with Gasteiger partial charge in [-0.1, -0.05) is 24.3 Å². The molecule has 3 aromatic carbocycles. The largest absolute Gasteiger partial charge is 0.493 e. The third kappa shape index (κ3) is 5.66. The van der Waals surface area contributed by atoms with Gasteiger partial charge in [-0.05, 0) is 72.3 Å². The first kappa shape index (κ1) is 24.8. The third-order valence-electron chi connectivity index (χ3n) is 6.03. The molecular formula is C28H28FN3O4. The lowest BCUT2D eigenvalue weighted by molar-refractivity contribution is 0.209. The number of para-hydroxylation sites is 1. The zero-order valence-corrected chi connectivity index (χ0v) is 20.4. The van der Waals surface area contributed by atoms with E-state index >= 15 is 0 Å². The Hall–Kier alpha value is -4.33. The van der Waals surface area contributed by atoms with Crippen LogP contribution in [0.15, 0.2) is 71.5 Å². The van der Waals surface area contributed by atoms with Crippen molar-refractivity contribution in [1.82, 2.24) is 9.88 Å². The van der Waals surface area contributed by atoms with Crippen molar-refractivity contribution in [3.8, 4) is 11.5 Å². The van der Waals surface area contributed by atoms with Gasteiger partial charge in [0.25, 0.3) is 5.56 Å². The van der Waals surface area contributed by atoms with Crippen LogP contribution >= 0.6 is 0 Å². The molecule has 0 bridgehead atoms. The average Bonchev–Trinajstić information content (AvgIpc) is 2.88. The van der Waals surface area contributed by atoms with E-state index in [1.807, 2.05) is 49.4 Å². The summed E-state index contributed by atoms with van der Waals surface area (Å²) in [7, 11) is 3.14. The molecule has 0 aliphatic rings. The average molecular weight is 490 g/mol. The molecule has 8 heteroatoms. The second-order valence-corrected chi connectivity index (χ2v) is 8.46. The molecule has 36 heavy (non-hydrogen) atoms. The number of pyridine rings is 1. The minimum atomic E-state index is -0.397. The zero-order chi connectivity index (χ0) is 25.7. The summed E-state index contributed by atoms with van der Waals surface area (Å²) in [5.41, 5.74) is 3.36. The number of aromatic amines is 1. The van der Waals surface area contributed by atoms with E-state index in [4.69, 9.17) is 9.47 Å². The number of nitrogens with one attached hydrogen (secondary N) is 2. The highest BCUT2D eigenvalue weighted by Crippen LogP contribution is 2.28. The van der Waals surface area contributed by atoms with Gasteiger partial charge in [0, 0.05) is 17.8 Å². The quantitative estimate of drug-likeness (QED) is 0.353. The van der Waals surface area contributed by atoms with Gasteiger partial charge in [-0.3, -0.25) is 4.79 Å². The molecule has 0 saturated carbocycles. The number of anilines is 1. The SMILES string of the molecule is COc1ccc(CCN(Cc2cc3cccc(C)c3[nH]c2=O)C(=O)Nc2ccc(F)cc2)cc1OC. The number of carbonyl (C=O) groups excluding carboxylic acids is 1. The third-order valence-corrected chi connectivity index (χ3v) is 6.03. The molecule has 186 valence electrons. The summed E-state index contributed by atoms with van der Waals surface area (Å²) >= 11 is 0. The number of aryl methyl sites for hydroxylation is 1. The minimum absolute atomic E-state index is 0.0968. The first-order chi connectivity index (χ1) is 17.4. The first-order valence-electron chi connectivity index (χ1n) is 11.5. The highest BCUT2D eigenvalue weighted by atomic mass is 19.1. The molecule has 4 rings (SSSR count). The number of rotatable bonds is 8. The Bertz CT molecular complexity index is 1430. The predicted molar refractivity (Wildman–Crippen MR) is 138 cm³/mol. The number of amides is 2. The Labute approximate surface area is 208 Å². The number of hydrogen-bond acceptors (Lipinski definition) is 4. The fraction of sp³-hybridized carbons (Fsp3) is 0.214. The van der Waals surface area contributed by atoms with Crippen LogP contribution in [-0.2, 0) is 13.0 Å². The first-order valence-corrected chi connectivity index (χ1v) is 11.5. The van der Waals surface area contributed by atoms with Crippen molar-refractivity contribution in [2.75, 3.05) is 26.1 Å². The number of ether oxygens (including phenoxy) is 2. The number of urea groups is 1. The Morgan fingerprint density at radius 2 is 1.75 bits per heavy atom. The van der Waals surface area contributed by atoms with Crippen LogP contribution in [0.1, 0.15) is 16.7 Å². The highest BCUT2D eigenvalue weighted by Gasteiger charge is 2.18. The Kier molecular flexibility index (Phi) is 7.53. The number of H-pyrrole nitrogens is 1. The van der Waals surface area contributed by atoms with Crippen LogP contribution in [-0.4, -0.2) is 36.7 Å². The molecular weight excluding hydrogens is 461 g/mol. The van der Waals surface area contributed by atoms with Gasteiger partial charge in [0.05, 0.1) is 26.3 Å². The van der Waals surface area contributed by atoms with Crippen LogP contribution in [0.5, 0.6) is 11.5 Å². The lowest BCUT2D eigenvalue weighted by Gasteiger charge is -2.23. The van der Waals surface area contributed by atoms with Gasteiger partial charge in [0.2, 0.25) is 0 Å². The number of aromatic nitrogens is 1. The molecule has 0 saturated heterocycles. The van der Waals surface area contributed by atoms with Gasteiger partial charge in [-0.2, -0.15) is 0 Å². The van der Waals surface area contributed by atoms with Crippen LogP contribution in [0.3, 0.4) is 0 Å². The maximum absolute atomic E-state index is 13.3. The van der Waals surface area contributed by atoms with E-state index in [1.165, 1.54) is 24.3 Å². The van der Waals surface area contributed by atoms with E-state index in [-0.39, 0.29) is 12.1 Å². The van der Waals surface area contributed by atoms with Crippen molar-refractivity contribution in [3.05, 3.63) is 99.6 Å². The number of fused-ring (bicyclic) bond motifs is 1. The number of benzene rings is 3. The van der Waals surface area contributed by atoms with Crippen molar-refractivity contribution in [2.24, 2.45) is 0 Å². The summed E-state index contributed by atoms with van der Waals surface area (Å²) in [6, 6.07) is 18.3. The topological polar surface area (TPSA) is 83.7 Å². The summed E-state index contributed by atoms with van der Waals surface area (Å²) in [4.78, 5) is 30.6. The molecule has 7 nitrogen and oxygen atoms in total. The fourth-order valence-corrected chi connectivity index (χ4v) is 4.04. The molecule has 2 amide bonds. The summed E-state index contributed by atoms with van der Waals surface area (Å²) in [6.07, 6.45) is 0.516. The molecule has 0 radical (unpaired) electrons. The van der Waals surface area contributed by atoms with E-state index in [9.17, 15) is 14.0 Å². The van der Waals surface area contributed by atoms with Crippen LogP contribution in [0, 0.1) is 12.7 Å². The second kappa shape index (κ2) is 10.9. The minimum Gasteiger partial charge on any atom is -0.493 e. The van der Waals surface area contributed by atoms with Crippen molar-refractivity contribution in [3.63, 3.8) is 0 Å². The molecule has 0 unspecified atom stereocenters. The fourth-order valence-electron chi connectivity index (χ4n) is 4.04. The number of methoxy groups -OCH3 is 2. The predicted octanol–water partition coefficient (Wildman–Crippen LogP) is 5.27. The van der Waals surface area contributed by atoms with Crippen molar-refractivity contribution >= 4 is 22.6 Å². The number of hydrogen-bond donors (Lipinski definition) is 2. The van der Waals surface area contributed by atoms with E-state index in [2.05, 4.69) is 10.3 Å². The molecule has 0 aliphatic heterocycles. The number of nitrogens with zero attached hydrogens (tertiary/aromatic N) is 1. The van der Waals surface area contributed by atoms with Gasteiger partial charge in [-0.15, -0.1) is 0 Å². The molecule has 1 heterocycles. The van der Waals surface area contributed by atoms with Gasteiger partial charge in [-0.25, -0.2) is 9.18 Å². The summed E-state index contributed by atoms with van der Waals surface area (Å²) < 4.78 is 24.0. The van der Waals surface area contributed by atoms with Crippen LogP contribution in [0.25, 0.3) is 10.9 Å². The lowest BCUT2D eigenvalue weighted by atomic mass is 10.1. The summed E-state index contributed by atoms with van der Waals surface area (Å²) in [5.74, 6) is 0.820. The van der Waals surface area contributed by atoms with Gasteiger partial charge < -0.3 is 24.7 Å². The van der Waals surface area contributed by atoms with Crippen LogP contribution < -0.4 is 20.3 Å². The maximum atomic E-state index is 13.3. The lowest BCUT2D eigenvalue weighted by Crippen LogP contribution is -2.37. The van der Waals surface area contributed by atoms with E-state index in [0.29, 0.717) is 35.7 Å². The van der Waals surface area contributed by atoms with Crippen LogP contribution in [0.2, 0.25) is 0 Å². The molecule has 0 aliphatic carbocycles.